The van der Waals surface area contributed by atoms with Gasteiger partial charge in [0.15, 0.2) is 0 Å². The topological polar surface area (TPSA) is 78.4 Å². The second-order valence-electron chi connectivity index (χ2n) is 4.14. The summed E-state index contributed by atoms with van der Waals surface area (Å²) in [5.41, 5.74) is 0.401. The van der Waals surface area contributed by atoms with Crippen LogP contribution >= 0.6 is 0 Å². The van der Waals surface area contributed by atoms with Crippen LogP contribution in [0.1, 0.15) is 26.2 Å². The number of carbonyl (C=O) groups excluding carboxylic acids is 1. The van der Waals surface area contributed by atoms with E-state index in [9.17, 15) is 14.0 Å². The summed E-state index contributed by atoms with van der Waals surface area (Å²) >= 11 is 0. The van der Waals surface area contributed by atoms with Crippen molar-refractivity contribution in [2.24, 2.45) is 0 Å². The monoisotopic (exact) mass is 268 g/mol. The Hall–Kier alpha value is -2.11. The van der Waals surface area contributed by atoms with Crippen molar-refractivity contribution >= 4 is 17.7 Å². The average molecular weight is 268 g/mol. The molecule has 0 aromatic heterocycles. The number of rotatable bonds is 6. The number of halogens is 1. The predicted octanol–water partition coefficient (Wildman–Crippen LogP) is 2.59. The van der Waals surface area contributed by atoms with E-state index in [2.05, 4.69) is 10.6 Å². The first-order valence-electron chi connectivity index (χ1n) is 6.08. The van der Waals surface area contributed by atoms with Crippen LogP contribution in [0, 0.1) is 5.82 Å². The van der Waals surface area contributed by atoms with Crippen molar-refractivity contribution in [3.63, 3.8) is 0 Å². The van der Waals surface area contributed by atoms with Gasteiger partial charge in [-0.3, -0.25) is 0 Å². The second kappa shape index (κ2) is 7.35. The fourth-order valence-electron chi connectivity index (χ4n) is 1.52. The zero-order valence-electron chi connectivity index (χ0n) is 10.6. The van der Waals surface area contributed by atoms with Crippen LogP contribution in [0.25, 0.3) is 0 Å². The molecule has 0 heterocycles. The van der Waals surface area contributed by atoms with E-state index in [0.717, 1.165) is 6.42 Å². The highest BCUT2D eigenvalue weighted by Crippen LogP contribution is 2.08. The van der Waals surface area contributed by atoms with Crippen molar-refractivity contribution in [2.45, 2.75) is 32.2 Å². The number of urea groups is 1. The molecule has 0 radical (unpaired) electrons. The second-order valence-corrected chi connectivity index (χ2v) is 4.14. The molecule has 3 N–H and O–H groups in total. The molecule has 19 heavy (non-hydrogen) atoms. The lowest BCUT2D eigenvalue weighted by molar-refractivity contribution is -0.139. The molecule has 0 fully saturated rings. The van der Waals surface area contributed by atoms with Gasteiger partial charge < -0.3 is 15.7 Å². The number of anilines is 1. The minimum absolute atomic E-state index is 0.378. The summed E-state index contributed by atoms with van der Waals surface area (Å²) in [5.74, 6) is -1.47. The van der Waals surface area contributed by atoms with Crippen molar-refractivity contribution in [3.8, 4) is 0 Å². The van der Waals surface area contributed by atoms with E-state index in [1.807, 2.05) is 6.92 Å². The molecule has 0 saturated heterocycles. The first-order valence-corrected chi connectivity index (χ1v) is 6.08. The zero-order valence-corrected chi connectivity index (χ0v) is 10.6. The van der Waals surface area contributed by atoms with Crippen LogP contribution in [0.2, 0.25) is 0 Å². The fraction of sp³-hybridized carbons (Fsp3) is 0.385. The van der Waals surface area contributed by atoms with Gasteiger partial charge in [-0.25, -0.2) is 14.0 Å². The normalized spacial score (nSPS) is 11.7. The summed E-state index contributed by atoms with van der Waals surface area (Å²) in [4.78, 5) is 22.5. The highest BCUT2D eigenvalue weighted by molar-refractivity contribution is 5.92. The smallest absolute Gasteiger partial charge is 0.326 e. The Balaban J connectivity index is 2.52. The van der Waals surface area contributed by atoms with Crippen LogP contribution in [0.5, 0.6) is 0 Å². The summed E-state index contributed by atoms with van der Waals surface area (Å²) in [5, 5.41) is 13.8. The molecule has 0 saturated carbocycles. The Bertz CT molecular complexity index is 434. The van der Waals surface area contributed by atoms with Crippen LogP contribution in [0.3, 0.4) is 0 Å². The molecule has 1 aromatic rings. The molecule has 104 valence electrons. The van der Waals surface area contributed by atoms with Crippen LogP contribution in [-0.2, 0) is 4.79 Å². The van der Waals surface area contributed by atoms with Crippen LogP contribution < -0.4 is 10.6 Å². The molecule has 0 aliphatic carbocycles. The molecule has 1 atom stereocenters. The molecule has 1 aromatic carbocycles. The van der Waals surface area contributed by atoms with Gasteiger partial charge >= 0.3 is 12.0 Å². The lowest BCUT2D eigenvalue weighted by atomic mass is 10.1. The Morgan fingerprint density at radius 3 is 2.47 bits per heavy atom. The number of carboxylic acids is 1. The number of hydrogen-bond acceptors (Lipinski definition) is 2. The quantitative estimate of drug-likeness (QED) is 0.742. The third-order valence-electron chi connectivity index (χ3n) is 2.55. The zero-order chi connectivity index (χ0) is 14.3. The van der Waals surface area contributed by atoms with Gasteiger partial charge in [0.05, 0.1) is 0 Å². The SMILES string of the molecule is CCCC[C@H](NC(=O)Nc1ccc(F)cc1)C(=O)O. The molecule has 5 nitrogen and oxygen atoms in total. The largest absolute Gasteiger partial charge is 0.480 e. The van der Waals surface area contributed by atoms with Gasteiger partial charge in [-0.2, -0.15) is 0 Å². The Kier molecular flexibility index (Phi) is 5.78. The molecule has 0 bridgehead atoms. The summed E-state index contributed by atoms with van der Waals surface area (Å²) in [6.45, 7) is 1.94. The maximum absolute atomic E-state index is 12.7. The van der Waals surface area contributed by atoms with E-state index in [-0.39, 0.29) is 0 Å². The third-order valence-corrected chi connectivity index (χ3v) is 2.55. The summed E-state index contributed by atoms with van der Waals surface area (Å²) in [7, 11) is 0. The number of carboxylic acid groups (broad SMARTS) is 1. The standard InChI is InChI=1S/C13H17FN2O3/c1-2-3-4-11(12(17)18)16-13(19)15-10-7-5-9(14)6-8-10/h5-8,11H,2-4H2,1H3,(H,17,18)(H2,15,16,19)/t11-/m0/s1. The Morgan fingerprint density at radius 1 is 1.32 bits per heavy atom. The molecule has 0 aliphatic rings. The van der Waals surface area contributed by atoms with Crippen molar-refractivity contribution in [2.75, 3.05) is 5.32 Å². The predicted molar refractivity (Wildman–Crippen MR) is 69.5 cm³/mol. The van der Waals surface area contributed by atoms with Gasteiger partial charge in [0, 0.05) is 5.69 Å². The Morgan fingerprint density at radius 2 is 1.95 bits per heavy atom. The molecule has 0 aliphatic heterocycles. The van der Waals surface area contributed by atoms with Gasteiger partial charge in [-0.1, -0.05) is 19.8 Å². The molecular formula is C13H17FN2O3. The minimum Gasteiger partial charge on any atom is -0.480 e. The van der Waals surface area contributed by atoms with E-state index < -0.39 is 23.9 Å². The number of amides is 2. The van der Waals surface area contributed by atoms with Crippen LogP contribution in [0.15, 0.2) is 24.3 Å². The van der Waals surface area contributed by atoms with Crippen molar-refractivity contribution in [3.05, 3.63) is 30.1 Å². The molecule has 1 rings (SSSR count). The number of benzene rings is 1. The summed E-state index contributed by atoms with van der Waals surface area (Å²) in [6.07, 6.45) is 1.95. The number of hydrogen-bond donors (Lipinski definition) is 3. The van der Waals surface area contributed by atoms with E-state index in [0.29, 0.717) is 18.5 Å². The first-order chi connectivity index (χ1) is 9.02. The molecular weight excluding hydrogens is 251 g/mol. The van der Waals surface area contributed by atoms with Crippen molar-refractivity contribution in [1.82, 2.24) is 5.32 Å². The van der Waals surface area contributed by atoms with E-state index in [1.165, 1.54) is 24.3 Å². The average Bonchev–Trinajstić information content (AvgIpc) is 2.37. The maximum atomic E-state index is 12.7. The van der Waals surface area contributed by atoms with Gasteiger partial charge in [-0.05, 0) is 30.7 Å². The van der Waals surface area contributed by atoms with E-state index >= 15 is 0 Å². The lowest BCUT2D eigenvalue weighted by Crippen LogP contribution is -2.42. The summed E-state index contributed by atoms with van der Waals surface area (Å²) < 4.78 is 12.7. The minimum atomic E-state index is -1.07. The van der Waals surface area contributed by atoms with Crippen molar-refractivity contribution in [1.29, 1.82) is 0 Å². The fourth-order valence-corrected chi connectivity index (χ4v) is 1.52. The lowest BCUT2D eigenvalue weighted by Gasteiger charge is -2.14. The number of aliphatic carboxylic acids is 1. The molecule has 2 amide bonds. The van der Waals surface area contributed by atoms with Gasteiger partial charge in [-0.15, -0.1) is 0 Å². The van der Waals surface area contributed by atoms with Crippen LogP contribution in [-0.4, -0.2) is 23.1 Å². The molecule has 0 spiro atoms. The molecule has 6 heteroatoms. The first kappa shape index (κ1) is 14.9. The van der Waals surface area contributed by atoms with Gasteiger partial charge in [0.2, 0.25) is 0 Å². The van der Waals surface area contributed by atoms with Gasteiger partial charge in [0.1, 0.15) is 11.9 Å². The third kappa shape index (κ3) is 5.37. The number of unbranched alkanes of at least 4 members (excludes halogenated alkanes) is 1. The highest BCUT2D eigenvalue weighted by Gasteiger charge is 2.18. The van der Waals surface area contributed by atoms with E-state index in [1.54, 1.807) is 0 Å². The Labute approximate surface area is 110 Å². The maximum Gasteiger partial charge on any atom is 0.326 e. The van der Waals surface area contributed by atoms with Crippen LogP contribution in [0.4, 0.5) is 14.9 Å². The molecule has 0 unspecified atom stereocenters. The highest BCUT2D eigenvalue weighted by atomic mass is 19.1. The van der Waals surface area contributed by atoms with Gasteiger partial charge in [0.25, 0.3) is 0 Å². The van der Waals surface area contributed by atoms with E-state index in [4.69, 9.17) is 5.11 Å². The summed E-state index contributed by atoms with van der Waals surface area (Å²) in [6, 6.07) is 3.69. The number of nitrogens with one attached hydrogen (secondary N) is 2. The number of carbonyl (C=O) groups is 2. The van der Waals surface area contributed by atoms with Crippen molar-refractivity contribution < 1.29 is 19.1 Å².